The second-order valence-corrected chi connectivity index (χ2v) is 1.19. The summed E-state index contributed by atoms with van der Waals surface area (Å²) in [5.41, 5.74) is 0. The topological polar surface area (TPSA) is 34.1 Å². The Balaban J connectivity index is 3.65. The normalized spacial score (nSPS) is 8.12. The average Bonchev–Trinajstić information content (AvgIpc) is 1.67. The third kappa shape index (κ3) is 2.23. The molecule has 0 aromatic rings. The quantitative estimate of drug-likeness (QED) is 0.308. The molecule has 0 heterocycles. The highest BCUT2D eigenvalue weighted by molar-refractivity contribution is 6.33. The van der Waals surface area contributed by atoms with Crippen LogP contribution in [0.1, 0.15) is 6.42 Å². The molecule has 0 saturated heterocycles. The number of ketones is 1. The minimum absolute atomic E-state index is 0.213. The van der Waals surface area contributed by atoms with Gasteiger partial charge >= 0.3 is 6.04 Å². The Bertz CT molecular complexity index is 128. The van der Waals surface area contributed by atoms with Gasteiger partial charge in [0.15, 0.2) is 0 Å². The van der Waals surface area contributed by atoms with Crippen molar-refractivity contribution in [1.29, 1.82) is 0 Å². The lowest BCUT2D eigenvalue weighted by molar-refractivity contribution is -0.143. The summed E-state index contributed by atoms with van der Waals surface area (Å²) in [6.45, 7) is 3.14. The summed E-state index contributed by atoms with van der Waals surface area (Å²) in [4.78, 5) is 19.4. The minimum Gasteiger partial charge on any atom is -0.287 e. The van der Waals surface area contributed by atoms with Crippen LogP contribution < -0.4 is 0 Å². The number of allylic oxidation sites excluding steroid dienone is 1. The van der Waals surface area contributed by atoms with E-state index in [4.69, 9.17) is 0 Å². The van der Waals surface area contributed by atoms with Crippen molar-refractivity contribution < 1.29 is 14.0 Å². The number of hydrogen-bond donors (Lipinski definition) is 0. The summed E-state index contributed by atoms with van der Waals surface area (Å²) in [5, 5.41) is 0. The molecule has 2 nitrogen and oxygen atoms in total. The lowest BCUT2D eigenvalue weighted by Gasteiger charge is -1.80. The molecule has 0 bridgehead atoms. The second-order valence-electron chi connectivity index (χ2n) is 1.19. The number of hydrogen-bond acceptors (Lipinski definition) is 2. The Kier molecular flexibility index (Phi) is 2.69. The largest absolute Gasteiger partial charge is 0.367 e. The summed E-state index contributed by atoms with van der Waals surface area (Å²) in [5.74, 6) is -1.04. The highest BCUT2D eigenvalue weighted by Gasteiger charge is 2.07. The van der Waals surface area contributed by atoms with Gasteiger partial charge in [0.25, 0.3) is 0 Å². The third-order valence-electron chi connectivity index (χ3n) is 0.549. The van der Waals surface area contributed by atoms with Gasteiger partial charge in [0.05, 0.1) is 0 Å². The predicted octanol–water partition coefficient (Wildman–Crippen LogP) is 0.628. The zero-order chi connectivity index (χ0) is 6.57. The number of rotatable bonds is 3. The van der Waals surface area contributed by atoms with Crippen molar-refractivity contribution in [1.82, 2.24) is 0 Å². The molecule has 44 valence electrons. The Morgan fingerprint density at radius 3 is 2.25 bits per heavy atom. The summed E-state index contributed by atoms with van der Waals surface area (Å²) in [7, 11) is 0. The van der Waals surface area contributed by atoms with Crippen molar-refractivity contribution in [3.05, 3.63) is 12.7 Å². The molecule has 0 radical (unpaired) electrons. The van der Waals surface area contributed by atoms with Crippen LogP contribution in [0.2, 0.25) is 0 Å². The van der Waals surface area contributed by atoms with E-state index in [1.54, 1.807) is 0 Å². The van der Waals surface area contributed by atoms with E-state index in [-0.39, 0.29) is 6.42 Å². The zero-order valence-corrected chi connectivity index (χ0v) is 4.19. The standard InChI is InChI=1S/C5H5FO2/c1-2-3-4(7)5(6)8/h2H,1,3H2. The molecule has 0 aliphatic heterocycles. The van der Waals surface area contributed by atoms with Crippen LogP contribution in [0.25, 0.3) is 0 Å². The first-order valence-electron chi connectivity index (χ1n) is 2.02. The Hall–Kier alpha value is -0.990. The van der Waals surface area contributed by atoms with Gasteiger partial charge in [0, 0.05) is 6.42 Å². The third-order valence-corrected chi connectivity index (χ3v) is 0.549. The molecule has 0 spiro atoms. The number of Topliss-reactive ketones (excluding diaryl/α,β-unsaturated/α-hetero) is 1. The maximum Gasteiger partial charge on any atom is 0.367 e. The van der Waals surface area contributed by atoms with Crippen LogP contribution in [0, 0.1) is 0 Å². The first-order chi connectivity index (χ1) is 3.68. The van der Waals surface area contributed by atoms with Gasteiger partial charge in [-0.1, -0.05) is 6.08 Å². The van der Waals surface area contributed by atoms with Crippen LogP contribution in [0.5, 0.6) is 0 Å². The van der Waals surface area contributed by atoms with Gasteiger partial charge in [-0.25, -0.2) is 0 Å². The van der Waals surface area contributed by atoms with E-state index < -0.39 is 11.8 Å². The van der Waals surface area contributed by atoms with E-state index in [2.05, 4.69) is 6.58 Å². The molecule has 0 aromatic carbocycles. The molecule has 0 aromatic heterocycles. The van der Waals surface area contributed by atoms with Crippen molar-refractivity contribution >= 4 is 11.8 Å². The highest BCUT2D eigenvalue weighted by atomic mass is 19.1. The fourth-order valence-corrected chi connectivity index (χ4v) is 0.211. The lowest BCUT2D eigenvalue weighted by atomic mass is 10.3. The predicted molar refractivity (Wildman–Crippen MR) is 25.9 cm³/mol. The van der Waals surface area contributed by atoms with E-state index in [9.17, 15) is 14.0 Å². The maximum absolute atomic E-state index is 11.2. The lowest BCUT2D eigenvalue weighted by Crippen LogP contribution is -2.05. The van der Waals surface area contributed by atoms with E-state index >= 15 is 0 Å². The Labute approximate surface area is 46.0 Å². The van der Waals surface area contributed by atoms with Crippen LogP contribution in [0.3, 0.4) is 0 Å². The summed E-state index contributed by atoms with van der Waals surface area (Å²) in [6, 6.07) is -1.90. The molecule has 0 saturated carbocycles. The molecule has 0 atom stereocenters. The van der Waals surface area contributed by atoms with Crippen LogP contribution >= 0.6 is 0 Å². The first kappa shape index (κ1) is 7.01. The van der Waals surface area contributed by atoms with E-state index in [1.807, 2.05) is 0 Å². The molecular formula is C5H5FO2. The fraction of sp³-hybridized carbons (Fsp3) is 0.200. The molecule has 3 heteroatoms. The molecule has 0 aliphatic carbocycles. The molecule has 0 amide bonds. The number of carbonyl (C=O) groups excluding carboxylic acids is 2. The molecule has 8 heavy (non-hydrogen) atoms. The van der Waals surface area contributed by atoms with E-state index in [0.29, 0.717) is 0 Å². The van der Waals surface area contributed by atoms with Gasteiger partial charge in [0.1, 0.15) is 0 Å². The molecule has 0 rings (SSSR count). The Morgan fingerprint density at radius 2 is 2.12 bits per heavy atom. The number of halogens is 1. The van der Waals surface area contributed by atoms with Crippen molar-refractivity contribution in [2.75, 3.05) is 0 Å². The second kappa shape index (κ2) is 3.07. The van der Waals surface area contributed by atoms with Crippen molar-refractivity contribution in [3.8, 4) is 0 Å². The maximum atomic E-state index is 11.2. The molecule has 0 aliphatic rings. The molecule has 0 fully saturated rings. The van der Waals surface area contributed by atoms with Crippen LogP contribution in [0.15, 0.2) is 12.7 Å². The van der Waals surface area contributed by atoms with Gasteiger partial charge < -0.3 is 0 Å². The fourth-order valence-electron chi connectivity index (χ4n) is 0.211. The van der Waals surface area contributed by atoms with Crippen LogP contribution in [-0.2, 0) is 9.59 Å². The Morgan fingerprint density at radius 1 is 1.62 bits per heavy atom. The number of carbonyl (C=O) groups is 2. The van der Waals surface area contributed by atoms with Crippen molar-refractivity contribution in [2.45, 2.75) is 6.42 Å². The van der Waals surface area contributed by atoms with Gasteiger partial charge in [0.2, 0.25) is 5.78 Å². The van der Waals surface area contributed by atoms with Gasteiger partial charge in [-0.05, 0) is 0 Å². The van der Waals surface area contributed by atoms with Gasteiger partial charge in [-0.2, -0.15) is 4.39 Å². The van der Waals surface area contributed by atoms with E-state index in [0.717, 1.165) is 0 Å². The summed E-state index contributed by atoms with van der Waals surface area (Å²) in [6.07, 6.45) is 0.967. The summed E-state index contributed by atoms with van der Waals surface area (Å²) < 4.78 is 11.2. The van der Waals surface area contributed by atoms with Crippen molar-refractivity contribution in [3.63, 3.8) is 0 Å². The molecule has 0 N–H and O–H groups in total. The average molecular weight is 116 g/mol. The monoisotopic (exact) mass is 116 g/mol. The van der Waals surface area contributed by atoms with Gasteiger partial charge in [-0.15, -0.1) is 6.58 Å². The molecule has 0 unspecified atom stereocenters. The summed E-state index contributed by atoms with van der Waals surface area (Å²) >= 11 is 0. The zero-order valence-electron chi connectivity index (χ0n) is 4.19. The minimum atomic E-state index is -1.90. The smallest absolute Gasteiger partial charge is 0.287 e. The van der Waals surface area contributed by atoms with Crippen molar-refractivity contribution in [2.24, 2.45) is 0 Å². The van der Waals surface area contributed by atoms with Gasteiger partial charge in [-0.3, -0.25) is 9.59 Å². The first-order valence-corrected chi connectivity index (χ1v) is 2.02. The van der Waals surface area contributed by atoms with Crippen LogP contribution in [-0.4, -0.2) is 11.8 Å². The highest BCUT2D eigenvalue weighted by Crippen LogP contribution is 1.85. The van der Waals surface area contributed by atoms with Crippen LogP contribution in [0.4, 0.5) is 4.39 Å². The SMILES string of the molecule is C=CCC(=O)C(=O)F. The van der Waals surface area contributed by atoms with E-state index in [1.165, 1.54) is 6.08 Å². The molecular weight excluding hydrogens is 111 g/mol.